The van der Waals surface area contributed by atoms with Gasteiger partial charge in [0.25, 0.3) is 0 Å². The summed E-state index contributed by atoms with van der Waals surface area (Å²) in [7, 11) is 1.36. The van der Waals surface area contributed by atoms with Crippen LogP contribution >= 0.6 is 22.6 Å². The number of carbonyl (C=O) groups excluding carboxylic acids is 1. The fourth-order valence-electron chi connectivity index (χ4n) is 2.15. The quantitative estimate of drug-likeness (QED) is 0.617. The van der Waals surface area contributed by atoms with Crippen molar-refractivity contribution < 1.29 is 19.4 Å². The molecule has 0 spiro atoms. The minimum Gasteiger partial charge on any atom is -0.465 e. The van der Waals surface area contributed by atoms with Crippen molar-refractivity contribution in [3.63, 3.8) is 0 Å². The second-order valence-corrected chi connectivity index (χ2v) is 5.58. The molecule has 1 aromatic rings. The number of methoxy groups -OCH3 is 1. The number of esters is 1. The molecule has 0 aromatic heterocycles. The topological polar surface area (TPSA) is 70.1 Å². The van der Waals surface area contributed by atoms with Gasteiger partial charge in [0.2, 0.25) is 0 Å². The van der Waals surface area contributed by atoms with Crippen LogP contribution in [-0.4, -0.2) is 55.4 Å². The van der Waals surface area contributed by atoms with Crippen LogP contribution in [-0.2, 0) is 4.74 Å². The zero-order chi connectivity index (χ0) is 14.7. The highest BCUT2D eigenvalue weighted by Gasteiger charge is 2.22. The third-order valence-electron chi connectivity index (χ3n) is 3.26. The summed E-state index contributed by atoms with van der Waals surface area (Å²) in [6.07, 6.45) is -0.875. The lowest BCUT2D eigenvalue weighted by Crippen LogP contribution is -2.48. The van der Waals surface area contributed by atoms with Gasteiger partial charge in [-0.1, -0.05) is 0 Å². The van der Waals surface area contributed by atoms with Gasteiger partial charge in [0, 0.05) is 29.7 Å². The standard InChI is InChI=1S/C13H15IN2O4/c1-20-12(17)9-2-3-11(10(14)8-9)15-4-6-16(7-5-15)13(18)19/h2-3,8H,4-7H2,1H3,(H,18,19). The Balaban J connectivity index is 2.11. The van der Waals surface area contributed by atoms with E-state index >= 15 is 0 Å². The zero-order valence-corrected chi connectivity index (χ0v) is 13.2. The average molecular weight is 390 g/mol. The molecule has 0 atom stereocenters. The predicted molar refractivity (Wildman–Crippen MR) is 82.3 cm³/mol. The number of amides is 1. The van der Waals surface area contributed by atoms with E-state index in [1.54, 1.807) is 12.1 Å². The lowest BCUT2D eigenvalue weighted by Gasteiger charge is -2.35. The molecule has 1 aliphatic rings. The highest BCUT2D eigenvalue weighted by molar-refractivity contribution is 14.1. The van der Waals surface area contributed by atoms with Crippen molar-refractivity contribution in [1.29, 1.82) is 0 Å². The molecule has 6 nitrogen and oxygen atoms in total. The number of benzene rings is 1. The van der Waals surface area contributed by atoms with E-state index in [-0.39, 0.29) is 5.97 Å². The Hall–Kier alpha value is -1.51. The molecule has 1 amide bonds. The van der Waals surface area contributed by atoms with Crippen molar-refractivity contribution in [1.82, 2.24) is 4.90 Å². The van der Waals surface area contributed by atoms with Crippen molar-refractivity contribution in [2.24, 2.45) is 0 Å². The molecule has 0 aliphatic carbocycles. The summed E-state index contributed by atoms with van der Waals surface area (Å²) in [6.45, 7) is 2.29. The van der Waals surface area contributed by atoms with E-state index in [1.807, 2.05) is 6.07 Å². The first-order chi connectivity index (χ1) is 9.52. The molecule has 7 heteroatoms. The maximum absolute atomic E-state index is 11.5. The number of hydrogen-bond acceptors (Lipinski definition) is 4. The second-order valence-electron chi connectivity index (χ2n) is 4.41. The van der Waals surface area contributed by atoms with Crippen LogP contribution in [0.2, 0.25) is 0 Å². The van der Waals surface area contributed by atoms with Crippen LogP contribution in [0.1, 0.15) is 10.4 Å². The maximum atomic E-state index is 11.5. The van der Waals surface area contributed by atoms with Crippen LogP contribution in [0.25, 0.3) is 0 Å². The number of carboxylic acid groups (broad SMARTS) is 1. The number of ether oxygens (including phenoxy) is 1. The van der Waals surface area contributed by atoms with Crippen LogP contribution in [0.3, 0.4) is 0 Å². The van der Waals surface area contributed by atoms with Gasteiger partial charge in [0.05, 0.1) is 18.4 Å². The van der Waals surface area contributed by atoms with E-state index in [2.05, 4.69) is 32.2 Å². The number of carbonyl (C=O) groups is 2. The first-order valence-electron chi connectivity index (χ1n) is 6.13. The minimum atomic E-state index is -0.875. The molecule has 0 radical (unpaired) electrons. The van der Waals surface area contributed by atoms with Gasteiger partial charge in [-0.25, -0.2) is 9.59 Å². The number of halogens is 1. The lowest BCUT2D eigenvalue weighted by atomic mass is 10.2. The Labute approximate surface area is 130 Å². The minimum absolute atomic E-state index is 0.356. The van der Waals surface area contributed by atoms with Crippen LogP contribution in [0.15, 0.2) is 18.2 Å². The summed E-state index contributed by atoms with van der Waals surface area (Å²) >= 11 is 2.18. The Morgan fingerprint density at radius 1 is 1.25 bits per heavy atom. The van der Waals surface area contributed by atoms with Gasteiger partial charge in [-0.3, -0.25) is 0 Å². The largest absolute Gasteiger partial charge is 0.465 e. The second kappa shape index (κ2) is 6.29. The number of anilines is 1. The summed E-state index contributed by atoms with van der Waals surface area (Å²) in [4.78, 5) is 25.9. The van der Waals surface area contributed by atoms with E-state index in [4.69, 9.17) is 5.11 Å². The molecule has 0 bridgehead atoms. The molecule has 1 heterocycles. The summed E-state index contributed by atoms with van der Waals surface area (Å²) in [5.74, 6) is -0.356. The molecule has 1 fully saturated rings. The zero-order valence-electron chi connectivity index (χ0n) is 11.0. The lowest BCUT2D eigenvalue weighted by molar-refractivity contribution is 0.0600. The van der Waals surface area contributed by atoms with Gasteiger partial charge >= 0.3 is 12.1 Å². The SMILES string of the molecule is COC(=O)c1ccc(N2CCN(C(=O)O)CC2)c(I)c1. The van der Waals surface area contributed by atoms with Crippen molar-refractivity contribution >= 4 is 40.3 Å². The van der Waals surface area contributed by atoms with E-state index in [0.29, 0.717) is 31.7 Å². The van der Waals surface area contributed by atoms with Gasteiger partial charge in [0.1, 0.15) is 0 Å². The highest BCUT2D eigenvalue weighted by Crippen LogP contribution is 2.25. The van der Waals surface area contributed by atoms with Gasteiger partial charge in [-0.15, -0.1) is 0 Å². The summed E-state index contributed by atoms with van der Waals surface area (Å²) in [5, 5.41) is 8.93. The number of rotatable bonds is 2. The molecule has 1 aromatic carbocycles. The summed E-state index contributed by atoms with van der Waals surface area (Å²) in [6, 6.07) is 5.39. The average Bonchev–Trinajstić information content (AvgIpc) is 2.46. The molecule has 1 aliphatic heterocycles. The molecule has 108 valence electrons. The normalized spacial score (nSPS) is 15.1. The fraction of sp³-hybridized carbons (Fsp3) is 0.385. The number of piperazine rings is 1. The first kappa shape index (κ1) is 14.9. The first-order valence-corrected chi connectivity index (χ1v) is 7.21. The molecule has 2 rings (SSSR count). The van der Waals surface area contributed by atoms with Gasteiger partial charge in [0.15, 0.2) is 0 Å². The van der Waals surface area contributed by atoms with Crippen molar-refractivity contribution in [2.75, 3.05) is 38.2 Å². The van der Waals surface area contributed by atoms with Crippen LogP contribution in [0, 0.1) is 3.57 Å². The number of hydrogen-bond donors (Lipinski definition) is 1. The predicted octanol–water partition coefficient (Wildman–Crippen LogP) is 1.88. The molecular weight excluding hydrogens is 375 g/mol. The Morgan fingerprint density at radius 3 is 2.40 bits per heavy atom. The van der Waals surface area contributed by atoms with Crippen LogP contribution in [0.4, 0.5) is 10.5 Å². The molecule has 20 heavy (non-hydrogen) atoms. The number of nitrogens with zero attached hydrogens (tertiary/aromatic N) is 2. The third-order valence-corrected chi connectivity index (χ3v) is 4.12. The fourth-order valence-corrected chi connectivity index (χ4v) is 3.00. The van der Waals surface area contributed by atoms with E-state index in [1.165, 1.54) is 12.0 Å². The van der Waals surface area contributed by atoms with Crippen molar-refractivity contribution in [3.8, 4) is 0 Å². The van der Waals surface area contributed by atoms with E-state index < -0.39 is 6.09 Å². The Bertz CT molecular complexity index is 527. The van der Waals surface area contributed by atoms with Crippen molar-refractivity contribution in [2.45, 2.75) is 0 Å². The molecule has 0 unspecified atom stereocenters. The Morgan fingerprint density at radius 2 is 1.90 bits per heavy atom. The van der Waals surface area contributed by atoms with Crippen LogP contribution in [0.5, 0.6) is 0 Å². The highest BCUT2D eigenvalue weighted by atomic mass is 127. The molecular formula is C13H15IN2O4. The van der Waals surface area contributed by atoms with Gasteiger partial charge in [-0.05, 0) is 40.8 Å². The van der Waals surface area contributed by atoms with Gasteiger partial charge < -0.3 is 19.6 Å². The third kappa shape index (κ3) is 3.14. The van der Waals surface area contributed by atoms with Gasteiger partial charge in [-0.2, -0.15) is 0 Å². The smallest absolute Gasteiger partial charge is 0.407 e. The molecule has 1 N–H and O–H groups in total. The van der Waals surface area contributed by atoms with E-state index in [0.717, 1.165) is 9.26 Å². The molecule has 0 saturated carbocycles. The summed E-state index contributed by atoms with van der Waals surface area (Å²) < 4.78 is 5.64. The van der Waals surface area contributed by atoms with E-state index in [9.17, 15) is 9.59 Å². The maximum Gasteiger partial charge on any atom is 0.407 e. The van der Waals surface area contributed by atoms with Crippen molar-refractivity contribution in [3.05, 3.63) is 27.3 Å². The molecule has 1 saturated heterocycles. The summed E-state index contributed by atoms with van der Waals surface area (Å²) in [5.41, 5.74) is 1.54. The Kier molecular flexibility index (Phi) is 4.69. The van der Waals surface area contributed by atoms with Crippen LogP contribution < -0.4 is 4.90 Å². The monoisotopic (exact) mass is 390 g/mol.